The van der Waals surface area contributed by atoms with E-state index in [4.69, 9.17) is 16.3 Å². The van der Waals surface area contributed by atoms with Crippen molar-refractivity contribution in [2.45, 2.75) is 26.5 Å². The maximum Gasteiger partial charge on any atom is 0.320 e. The normalized spacial score (nSPS) is 11.6. The highest BCUT2D eigenvalue weighted by molar-refractivity contribution is 6.30. The molecule has 0 fully saturated rings. The Hall–Kier alpha value is -2.27. The van der Waals surface area contributed by atoms with Crippen molar-refractivity contribution in [1.29, 1.82) is 0 Å². The quantitative estimate of drug-likeness (QED) is 0.776. The number of ether oxygens (including phenoxy) is 1. The van der Waals surface area contributed by atoms with Crippen LogP contribution in [-0.2, 0) is 6.42 Å². The number of pyridine rings is 1. The second-order valence-electron chi connectivity index (χ2n) is 5.35. The van der Waals surface area contributed by atoms with E-state index < -0.39 is 6.23 Å². The number of nitrogens with zero attached hydrogens (tertiary/aromatic N) is 2. The van der Waals surface area contributed by atoms with Gasteiger partial charge in [-0.25, -0.2) is 4.79 Å². The fraction of sp³-hybridized carbons (Fsp3) is 0.333. The topological polar surface area (TPSA) is 54.5 Å². The lowest BCUT2D eigenvalue weighted by molar-refractivity contribution is 0.154. The number of urea groups is 1. The van der Waals surface area contributed by atoms with Gasteiger partial charge in [0.05, 0.1) is 0 Å². The Morgan fingerprint density at radius 1 is 1.25 bits per heavy atom. The SMILES string of the molecule is CCN(CCc1ccncc1)C(=O)NC(C)Oc1ccc(Cl)cc1. The number of hydrogen-bond acceptors (Lipinski definition) is 3. The highest BCUT2D eigenvalue weighted by Crippen LogP contribution is 2.16. The van der Waals surface area contributed by atoms with Gasteiger partial charge in [-0.15, -0.1) is 0 Å². The number of amides is 2. The van der Waals surface area contributed by atoms with E-state index in [0.717, 1.165) is 12.0 Å². The number of rotatable bonds is 7. The van der Waals surface area contributed by atoms with Gasteiger partial charge in [0.25, 0.3) is 0 Å². The molecule has 1 heterocycles. The number of halogens is 1. The minimum absolute atomic E-state index is 0.145. The monoisotopic (exact) mass is 347 g/mol. The molecule has 5 nitrogen and oxygen atoms in total. The van der Waals surface area contributed by atoms with Gasteiger partial charge in [0.15, 0.2) is 6.23 Å². The zero-order valence-electron chi connectivity index (χ0n) is 13.9. The first kappa shape index (κ1) is 18.1. The van der Waals surface area contributed by atoms with E-state index in [9.17, 15) is 4.79 Å². The smallest absolute Gasteiger partial charge is 0.320 e. The van der Waals surface area contributed by atoms with Crippen LogP contribution in [0.2, 0.25) is 5.02 Å². The summed E-state index contributed by atoms with van der Waals surface area (Å²) in [6.07, 6.45) is 3.87. The Morgan fingerprint density at radius 3 is 2.54 bits per heavy atom. The third-order valence-electron chi connectivity index (χ3n) is 3.54. The van der Waals surface area contributed by atoms with E-state index >= 15 is 0 Å². The van der Waals surface area contributed by atoms with Crippen LogP contribution in [0.5, 0.6) is 5.75 Å². The fourth-order valence-corrected chi connectivity index (χ4v) is 2.35. The van der Waals surface area contributed by atoms with Crippen LogP contribution >= 0.6 is 11.6 Å². The van der Waals surface area contributed by atoms with Crippen molar-refractivity contribution in [3.63, 3.8) is 0 Å². The highest BCUT2D eigenvalue weighted by atomic mass is 35.5. The van der Waals surface area contributed by atoms with Crippen LogP contribution in [0.3, 0.4) is 0 Å². The second-order valence-corrected chi connectivity index (χ2v) is 5.79. The van der Waals surface area contributed by atoms with Gasteiger partial charge in [0.2, 0.25) is 0 Å². The van der Waals surface area contributed by atoms with Crippen molar-refractivity contribution in [1.82, 2.24) is 15.2 Å². The van der Waals surface area contributed by atoms with Crippen molar-refractivity contribution in [3.05, 3.63) is 59.4 Å². The zero-order valence-corrected chi connectivity index (χ0v) is 14.7. The summed E-state index contributed by atoms with van der Waals surface area (Å²) in [5.41, 5.74) is 1.15. The molecule has 0 aliphatic heterocycles. The van der Waals surface area contributed by atoms with Crippen LogP contribution in [0.15, 0.2) is 48.8 Å². The largest absolute Gasteiger partial charge is 0.471 e. The molecule has 0 spiro atoms. The summed E-state index contributed by atoms with van der Waals surface area (Å²) in [7, 11) is 0. The van der Waals surface area contributed by atoms with Crippen molar-refractivity contribution < 1.29 is 9.53 Å². The molecule has 2 aromatic rings. The van der Waals surface area contributed by atoms with Crippen molar-refractivity contribution >= 4 is 17.6 Å². The van der Waals surface area contributed by atoms with Gasteiger partial charge in [0.1, 0.15) is 5.75 Å². The van der Waals surface area contributed by atoms with Gasteiger partial charge in [-0.3, -0.25) is 4.98 Å². The molecule has 0 saturated heterocycles. The predicted molar refractivity (Wildman–Crippen MR) is 95.3 cm³/mol. The van der Waals surface area contributed by atoms with E-state index in [1.54, 1.807) is 48.5 Å². The van der Waals surface area contributed by atoms with Gasteiger partial charge < -0.3 is 15.0 Å². The van der Waals surface area contributed by atoms with Gasteiger partial charge in [0, 0.05) is 30.5 Å². The number of carbonyl (C=O) groups excluding carboxylic acids is 1. The lowest BCUT2D eigenvalue weighted by atomic mass is 10.2. The molecule has 24 heavy (non-hydrogen) atoms. The van der Waals surface area contributed by atoms with Gasteiger partial charge >= 0.3 is 6.03 Å². The molecule has 2 rings (SSSR count). The first-order chi connectivity index (χ1) is 11.6. The van der Waals surface area contributed by atoms with Crippen LogP contribution in [0.25, 0.3) is 0 Å². The number of hydrogen-bond donors (Lipinski definition) is 1. The number of aromatic nitrogens is 1. The molecule has 2 amide bonds. The summed E-state index contributed by atoms with van der Waals surface area (Å²) in [5, 5.41) is 3.50. The molecular formula is C18H22ClN3O2. The van der Waals surface area contributed by atoms with Gasteiger partial charge in [-0.2, -0.15) is 0 Å². The molecule has 0 aliphatic carbocycles. The average Bonchev–Trinajstić information content (AvgIpc) is 2.58. The highest BCUT2D eigenvalue weighted by Gasteiger charge is 2.15. The lowest BCUT2D eigenvalue weighted by Crippen LogP contribution is -2.46. The third-order valence-corrected chi connectivity index (χ3v) is 3.79. The maximum absolute atomic E-state index is 12.4. The molecule has 1 unspecified atom stereocenters. The van der Waals surface area contributed by atoms with E-state index in [0.29, 0.717) is 23.9 Å². The summed E-state index contributed by atoms with van der Waals surface area (Å²) in [6.45, 7) is 5.02. The average molecular weight is 348 g/mol. The summed E-state index contributed by atoms with van der Waals surface area (Å²) >= 11 is 5.84. The standard InChI is InChI=1S/C18H22ClN3O2/c1-3-22(13-10-15-8-11-20-12-9-15)18(23)21-14(2)24-17-6-4-16(19)5-7-17/h4-9,11-12,14H,3,10,13H2,1-2H3,(H,21,23). The Labute approximate surface area is 147 Å². The minimum atomic E-state index is -0.436. The lowest BCUT2D eigenvalue weighted by Gasteiger charge is -2.24. The minimum Gasteiger partial charge on any atom is -0.471 e. The van der Waals surface area contributed by atoms with E-state index in [2.05, 4.69) is 10.3 Å². The summed E-state index contributed by atoms with van der Waals surface area (Å²) in [6, 6.07) is 10.8. The first-order valence-corrected chi connectivity index (χ1v) is 8.33. The summed E-state index contributed by atoms with van der Waals surface area (Å²) < 4.78 is 5.67. The molecule has 0 saturated carbocycles. The van der Waals surface area contributed by atoms with Crippen LogP contribution in [0.4, 0.5) is 4.79 Å². The van der Waals surface area contributed by atoms with E-state index in [1.807, 2.05) is 19.1 Å². The number of benzene rings is 1. The van der Waals surface area contributed by atoms with E-state index in [-0.39, 0.29) is 6.03 Å². The van der Waals surface area contributed by atoms with Crippen LogP contribution < -0.4 is 10.1 Å². The molecule has 0 bridgehead atoms. The molecular weight excluding hydrogens is 326 g/mol. The van der Waals surface area contributed by atoms with Crippen molar-refractivity contribution in [3.8, 4) is 5.75 Å². The van der Waals surface area contributed by atoms with Crippen molar-refractivity contribution in [2.24, 2.45) is 0 Å². The van der Waals surface area contributed by atoms with Crippen molar-refractivity contribution in [2.75, 3.05) is 13.1 Å². The Kier molecular flexibility index (Phi) is 6.88. The first-order valence-electron chi connectivity index (χ1n) is 7.95. The van der Waals surface area contributed by atoms with Crippen LogP contribution in [-0.4, -0.2) is 35.2 Å². The number of likely N-dealkylation sites (N-methyl/N-ethyl adjacent to an activating group) is 1. The Morgan fingerprint density at radius 2 is 1.92 bits per heavy atom. The molecule has 6 heteroatoms. The molecule has 0 aliphatic rings. The fourth-order valence-electron chi connectivity index (χ4n) is 2.23. The molecule has 1 aromatic carbocycles. The van der Waals surface area contributed by atoms with Gasteiger partial charge in [-0.1, -0.05) is 11.6 Å². The zero-order chi connectivity index (χ0) is 17.4. The van der Waals surface area contributed by atoms with E-state index in [1.165, 1.54) is 0 Å². The number of carbonyl (C=O) groups is 1. The number of nitrogens with one attached hydrogen (secondary N) is 1. The van der Waals surface area contributed by atoms with Crippen LogP contribution in [0, 0.1) is 0 Å². The second kappa shape index (κ2) is 9.13. The predicted octanol–water partition coefficient (Wildman–Crippen LogP) is 3.73. The molecule has 0 radical (unpaired) electrons. The molecule has 128 valence electrons. The maximum atomic E-state index is 12.4. The molecule has 1 N–H and O–H groups in total. The molecule has 1 aromatic heterocycles. The summed E-state index contributed by atoms with van der Waals surface area (Å²) in [4.78, 5) is 18.1. The third kappa shape index (κ3) is 5.74. The summed E-state index contributed by atoms with van der Waals surface area (Å²) in [5.74, 6) is 0.659. The van der Waals surface area contributed by atoms with Crippen LogP contribution in [0.1, 0.15) is 19.4 Å². The molecule has 1 atom stereocenters. The Balaban J connectivity index is 1.83. The Bertz CT molecular complexity index is 634. The van der Waals surface area contributed by atoms with Gasteiger partial charge in [-0.05, 0) is 62.2 Å².